The van der Waals surface area contributed by atoms with Crippen LogP contribution in [0.3, 0.4) is 0 Å². The highest BCUT2D eigenvalue weighted by molar-refractivity contribution is 5.83. The van der Waals surface area contributed by atoms with Crippen LogP contribution in [0.15, 0.2) is 0 Å². The van der Waals surface area contributed by atoms with Gasteiger partial charge in [-0.05, 0) is 111 Å². The van der Waals surface area contributed by atoms with Gasteiger partial charge in [-0.25, -0.2) is 5.48 Å². The van der Waals surface area contributed by atoms with Crippen molar-refractivity contribution in [3.63, 3.8) is 0 Å². The van der Waals surface area contributed by atoms with Gasteiger partial charge >= 0.3 is 5.97 Å². The number of rotatable bonds is 21. The van der Waals surface area contributed by atoms with Crippen LogP contribution >= 0.6 is 0 Å². The Morgan fingerprint density at radius 3 is 2.25 bits per heavy atom. The van der Waals surface area contributed by atoms with Gasteiger partial charge in [0.2, 0.25) is 17.7 Å². The summed E-state index contributed by atoms with van der Waals surface area (Å²) in [6, 6.07) is 0. The molecule has 3 amide bonds. The zero-order valence-electron chi connectivity index (χ0n) is 31.4. The standard InChI is InChI=1S/C38H65N3O10/c1-5-48-18-16-40-35(45)24-50-21-20-49-19-17-39-33(43)11-12-34(44)41-51-27-14-15-37(3)26(22-27)7-8-28-30-10-9-29(25(2)6-13-36(46)47)38(30,4)32(42)23-31(28)37/h25-32,42H,5-24H2,1-4H3,(H,39,43)(H,40,45)(H,41,44)(H,46,47)/t25-,26-,27+,28+,29-,30?,31+,32+,37+,38-/m1/s1. The first kappa shape index (κ1) is 41.4. The molecular weight excluding hydrogens is 658 g/mol. The molecule has 0 aromatic rings. The predicted octanol–water partition coefficient (Wildman–Crippen LogP) is 3.62. The van der Waals surface area contributed by atoms with E-state index >= 15 is 0 Å². The van der Waals surface area contributed by atoms with Crippen LogP contribution in [0.25, 0.3) is 0 Å². The van der Waals surface area contributed by atoms with E-state index in [4.69, 9.17) is 19.0 Å². The Balaban J connectivity index is 1.09. The average Bonchev–Trinajstić information content (AvgIpc) is 3.47. The van der Waals surface area contributed by atoms with Gasteiger partial charge in [0.15, 0.2) is 0 Å². The molecule has 0 heterocycles. The van der Waals surface area contributed by atoms with E-state index in [-0.39, 0.29) is 79.2 Å². The molecule has 0 aromatic heterocycles. The molecule has 0 aromatic carbocycles. The van der Waals surface area contributed by atoms with Gasteiger partial charge in [0.25, 0.3) is 0 Å². The summed E-state index contributed by atoms with van der Waals surface area (Å²) in [5.74, 6) is 1.11. The molecule has 292 valence electrons. The molecule has 0 saturated heterocycles. The van der Waals surface area contributed by atoms with Gasteiger partial charge in [-0.2, -0.15) is 0 Å². The van der Waals surface area contributed by atoms with Crippen molar-refractivity contribution in [2.45, 2.75) is 117 Å². The van der Waals surface area contributed by atoms with Gasteiger partial charge in [0, 0.05) is 39.0 Å². The number of fused-ring (bicyclic) bond motifs is 5. The zero-order chi connectivity index (χ0) is 37.0. The van der Waals surface area contributed by atoms with Gasteiger partial charge < -0.3 is 35.1 Å². The first-order chi connectivity index (χ1) is 24.4. The van der Waals surface area contributed by atoms with Crippen LogP contribution in [0.1, 0.15) is 105 Å². The van der Waals surface area contributed by atoms with E-state index in [2.05, 4.69) is 36.9 Å². The molecule has 0 aliphatic heterocycles. The predicted molar refractivity (Wildman–Crippen MR) is 189 cm³/mol. The molecule has 13 heteroatoms. The lowest BCUT2D eigenvalue weighted by molar-refractivity contribution is -0.184. The Bertz CT molecular complexity index is 1160. The molecule has 4 aliphatic rings. The topological polar surface area (TPSA) is 182 Å². The Hall–Kier alpha value is -2.32. The van der Waals surface area contributed by atoms with E-state index in [1.165, 1.54) is 0 Å². The van der Waals surface area contributed by atoms with Crippen molar-refractivity contribution in [3.8, 4) is 0 Å². The normalized spacial score (nSPS) is 33.3. The van der Waals surface area contributed by atoms with Gasteiger partial charge in [-0.15, -0.1) is 0 Å². The second-order valence-corrected chi connectivity index (χ2v) is 16.0. The minimum absolute atomic E-state index is 0.0265. The summed E-state index contributed by atoms with van der Waals surface area (Å²) in [4.78, 5) is 53.5. The van der Waals surface area contributed by atoms with Crippen molar-refractivity contribution in [2.75, 3.05) is 52.7 Å². The van der Waals surface area contributed by atoms with Crippen LogP contribution in [-0.2, 0) is 38.2 Å². The number of hydrogen-bond donors (Lipinski definition) is 5. The van der Waals surface area contributed by atoms with Crippen molar-refractivity contribution >= 4 is 23.7 Å². The van der Waals surface area contributed by atoms with Crippen molar-refractivity contribution in [3.05, 3.63) is 0 Å². The van der Waals surface area contributed by atoms with E-state index in [1.807, 2.05) is 6.92 Å². The molecule has 0 spiro atoms. The van der Waals surface area contributed by atoms with Gasteiger partial charge in [-0.1, -0.05) is 20.8 Å². The lowest BCUT2D eigenvalue weighted by Crippen LogP contribution is -2.59. The second kappa shape index (κ2) is 19.7. The Kier molecular flexibility index (Phi) is 16.0. The SMILES string of the molecule is CCOCCNC(=O)COCCOCCNC(=O)CCC(=O)NO[C@H]1CC[C@@]2(C)[C@H](CC[C@H]3C4CC[C@H]([C@H](C)CCC(=O)O)[C@@]4(C)[C@@H](O)C[C@@H]32)C1. The number of ether oxygens (including phenoxy) is 3. The van der Waals surface area contributed by atoms with Gasteiger partial charge in [-0.3, -0.25) is 24.0 Å². The van der Waals surface area contributed by atoms with E-state index in [0.29, 0.717) is 75.5 Å². The maximum absolute atomic E-state index is 12.5. The number of hydrogen-bond acceptors (Lipinski definition) is 9. The highest BCUT2D eigenvalue weighted by Crippen LogP contribution is 2.68. The van der Waals surface area contributed by atoms with Crippen LogP contribution in [0.5, 0.6) is 0 Å². The van der Waals surface area contributed by atoms with E-state index in [1.54, 1.807) is 0 Å². The minimum atomic E-state index is -0.744. The monoisotopic (exact) mass is 723 g/mol. The smallest absolute Gasteiger partial charge is 0.303 e. The third kappa shape index (κ3) is 10.9. The Morgan fingerprint density at radius 1 is 0.804 bits per heavy atom. The molecule has 4 fully saturated rings. The third-order valence-electron chi connectivity index (χ3n) is 13.2. The Morgan fingerprint density at radius 2 is 1.51 bits per heavy atom. The molecule has 5 N–H and O–H groups in total. The fourth-order valence-corrected chi connectivity index (χ4v) is 10.4. The summed E-state index contributed by atoms with van der Waals surface area (Å²) in [5, 5.41) is 26.4. The summed E-state index contributed by atoms with van der Waals surface area (Å²) in [5.41, 5.74) is 2.57. The molecule has 4 aliphatic carbocycles. The molecule has 10 atom stereocenters. The molecule has 13 nitrogen and oxygen atoms in total. The van der Waals surface area contributed by atoms with E-state index in [9.17, 15) is 29.4 Å². The third-order valence-corrected chi connectivity index (χ3v) is 13.2. The van der Waals surface area contributed by atoms with Crippen molar-refractivity contribution in [2.24, 2.45) is 46.3 Å². The number of carboxylic acid groups (broad SMARTS) is 1. The highest BCUT2D eigenvalue weighted by atomic mass is 16.7. The summed E-state index contributed by atoms with van der Waals surface area (Å²) >= 11 is 0. The number of carboxylic acids is 1. The van der Waals surface area contributed by atoms with Crippen LogP contribution in [0, 0.1) is 46.3 Å². The molecule has 0 radical (unpaired) electrons. The van der Waals surface area contributed by atoms with Gasteiger partial charge in [0.1, 0.15) is 6.61 Å². The first-order valence-corrected chi connectivity index (χ1v) is 19.5. The number of nitrogens with one attached hydrogen (secondary N) is 3. The quantitative estimate of drug-likeness (QED) is 0.0867. The van der Waals surface area contributed by atoms with Gasteiger partial charge in [0.05, 0.1) is 38.6 Å². The molecule has 4 rings (SSSR count). The number of aliphatic hydroxyl groups is 1. The largest absolute Gasteiger partial charge is 0.481 e. The van der Waals surface area contributed by atoms with Crippen molar-refractivity contribution < 1.29 is 48.4 Å². The first-order valence-electron chi connectivity index (χ1n) is 19.5. The molecule has 0 bridgehead atoms. The highest BCUT2D eigenvalue weighted by Gasteiger charge is 2.63. The van der Waals surface area contributed by atoms with E-state index in [0.717, 1.165) is 51.4 Å². The molecule has 1 unspecified atom stereocenters. The summed E-state index contributed by atoms with van der Waals surface area (Å²) in [6.07, 6.45) is 8.48. The minimum Gasteiger partial charge on any atom is -0.481 e. The molecule has 51 heavy (non-hydrogen) atoms. The molecule has 4 saturated carbocycles. The summed E-state index contributed by atoms with van der Waals surface area (Å²) in [7, 11) is 0. The second-order valence-electron chi connectivity index (χ2n) is 16.0. The fraction of sp³-hybridized carbons (Fsp3) is 0.895. The number of hydroxylamine groups is 1. The number of carbonyl (C=O) groups is 4. The van der Waals surface area contributed by atoms with Crippen LogP contribution < -0.4 is 16.1 Å². The lowest BCUT2D eigenvalue weighted by atomic mass is 9.43. The summed E-state index contributed by atoms with van der Waals surface area (Å²) in [6.45, 7) is 11.4. The number of amides is 3. The van der Waals surface area contributed by atoms with Crippen LogP contribution in [0.4, 0.5) is 0 Å². The molecular formula is C38H65N3O10. The number of aliphatic carboxylic acids is 1. The van der Waals surface area contributed by atoms with Crippen LogP contribution in [-0.4, -0.2) is 98.8 Å². The number of carbonyl (C=O) groups excluding carboxylic acids is 3. The fourth-order valence-electron chi connectivity index (χ4n) is 10.4. The van der Waals surface area contributed by atoms with Crippen LogP contribution in [0.2, 0.25) is 0 Å². The van der Waals surface area contributed by atoms with E-state index < -0.39 is 5.97 Å². The maximum Gasteiger partial charge on any atom is 0.303 e. The maximum atomic E-state index is 12.5. The number of aliphatic hydroxyl groups excluding tert-OH is 1. The van der Waals surface area contributed by atoms with Crippen molar-refractivity contribution in [1.29, 1.82) is 0 Å². The lowest BCUT2D eigenvalue weighted by Gasteiger charge is -2.62. The summed E-state index contributed by atoms with van der Waals surface area (Å²) < 4.78 is 15.8. The zero-order valence-corrected chi connectivity index (χ0v) is 31.4. The Labute approximate surface area is 304 Å². The average molecular weight is 724 g/mol. The van der Waals surface area contributed by atoms with Crippen molar-refractivity contribution in [1.82, 2.24) is 16.1 Å².